The van der Waals surface area contributed by atoms with E-state index in [-0.39, 0.29) is 23.8 Å². The number of hydrogen-bond donors (Lipinski definition) is 2. The SMILES string of the molecule is CC(C(=O)NCc1ccc(F)c(CO)c1)c1cccc(F)c1. The molecule has 5 heteroatoms. The summed E-state index contributed by atoms with van der Waals surface area (Å²) in [6.45, 7) is 1.51. The summed E-state index contributed by atoms with van der Waals surface area (Å²) in [5, 5.41) is 11.7. The fraction of sp³-hybridized carbons (Fsp3) is 0.235. The number of amides is 1. The average Bonchev–Trinajstić information content (AvgIpc) is 2.53. The second-order valence-corrected chi connectivity index (χ2v) is 5.08. The fourth-order valence-electron chi connectivity index (χ4n) is 2.13. The Kier molecular flexibility index (Phi) is 5.22. The number of rotatable bonds is 5. The van der Waals surface area contributed by atoms with Crippen molar-refractivity contribution >= 4 is 5.91 Å². The molecule has 1 unspecified atom stereocenters. The van der Waals surface area contributed by atoms with Gasteiger partial charge in [0.2, 0.25) is 5.91 Å². The monoisotopic (exact) mass is 305 g/mol. The van der Waals surface area contributed by atoms with E-state index in [0.29, 0.717) is 11.1 Å². The van der Waals surface area contributed by atoms with Crippen LogP contribution >= 0.6 is 0 Å². The zero-order chi connectivity index (χ0) is 16.1. The second-order valence-electron chi connectivity index (χ2n) is 5.08. The summed E-state index contributed by atoms with van der Waals surface area (Å²) in [5.41, 5.74) is 1.46. The van der Waals surface area contributed by atoms with Crippen molar-refractivity contribution in [1.82, 2.24) is 5.32 Å². The second kappa shape index (κ2) is 7.13. The highest BCUT2D eigenvalue weighted by atomic mass is 19.1. The first-order chi connectivity index (χ1) is 10.5. The van der Waals surface area contributed by atoms with Crippen molar-refractivity contribution in [1.29, 1.82) is 0 Å². The summed E-state index contributed by atoms with van der Waals surface area (Å²) in [4.78, 5) is 12.1. The molecule has 1 atom stereocenters. The maximum atomic E-state index is 13.3. The first kappa shape index (κ1) is 16.1. The third-order valence-electron chi connectivity index (χ3n) is 3.49. The molecule has 0 aliphatic carbocycles. The number of aliphatic hydroxyl groups is 1. The molecule has 2 N–H and O–H groups in total. The summed E-state index contributed by atoms with van der Waals surface area (Å²) in [7, 11) is 0. The zero-order valence-corrected chi connectivity index (χ0v) is 12.1. The number of carbonyl (C=O) groups excluding carboxylic acids is 1. The third-order valence-corrected chi connectivity index (χ3v) is 3.49. The Morgan fingerprint density at radius 2 is 2.00 bits per heavy atom. The number of benzene rings is 2. The van der Waals surface area contributed by atoms with E-state index in [4.69, 9.17) is 5.11 Å². The van der Waals surface area contributed by atoms with Crippen LogP contribution in [0.15, 0.2) is 42.5 Å². The lowest BCUT2D eigenvalue weighted by molar-refractivity contribution is -0.122. The predicted molar refractivity (Wildman–Crippen MR) is 79.0 cm³/mol. The van der Waals surface area contributed by atoms with E-state index in [9.17, 15) is 13.6 Å². The van der Waals surface area contributed by atoms with Crippen LogP contribution in [-0.2, 0) is 17.9 Å². The highest BCUT2D eigenvalue weighted by Crippen LogP contribution is 2.17. The maximum absolute atomic E-state index is 13.3. The minimum absolute atomic E-state index is 0.185. The van der Waals surface area contributed by atoms with Crippen LogP contribution in [0.25, 0.3) is 0 Å². The van der Waals surface area contributed by atoms with E-state index in [1.165, 1.54) is 24.3 Å². The molecule has 3 nitrogen and oxygen atoms in total. The van der Waals surface area contributed by atoms with Gasteiger partial charge in [0.15, 0.2) is 0 Å². The van der Waals surface area contributed by atoms with E-state index in [2.05, 4.69) is 5.32 Å². The number of halogens is 2. The van der Waals surface area contributed by atoms with Gasteiger partial charge in [0.05, 0.1) is 12.5 Å². The molecule has 1 amide bonds. The molecular weight excluding hydrogens is 288 g/mol. The zero-order valence-electron chi connectivity index (χ0n) is 12.1. The lowest BCUT2D eigenvalue weighted by Crippen LogP contribution is -2.27. The van der Waals surface area contributed by atoms with Crippen LogP contribution in [0, 0.1) is 11.6 Å². The number of nitrogens with one attached hydrogen (secondary N) is 1. The standard InChI is InChI=1S/C17H17F2NO2/c1-11(13-3-2-4-15(18)8-13)17(22)20-9-12-5-6-16(19)14(7-12)10-21/h2-8,11,21H,9-10H2,1H3,(H,20,22). The molecule has 0 bridgehead atoms. The first-order valence-electron chi connectivity index (χ1n) is 6.92. The van der Waals surface area contributed by atoms with Gasteiger partial charge >= 0.3 is 0 Å². The molecule has 0 aliphatic heterocycles. The average molecular weight is 305 g/mol. The van der Waals surface area contributed by atoms with E-state index in [1.54, 1.807) is 25.1 Å². The third kappa shape index (κ3) is 3.89. The normalized spacial score (nSPS) is 12.0. The summed E-state index contributed by atoms with van der Waals surface area (Å²) in [6.07, 6.45) is 0. The molecule has 2 rings (SSSR count). The smallest absolute Gasteiger partial charge is 0.227 e. The van der Waals surface area contributed by atoms with Crippen LogP contribution in [0.1, 0.15) is 29.5 Å². The van der Waals surface area contributed by atoms with Gasteiger partial charge in [-0.15, -0.1) is 0 Å². The molecule has 0 spiro atoms. The number of aliphatic hydroxyl groups excluding tert-OH is 1. The van der Waals surface area contributed by atoms with Gasteiger partial charge in [0.25, 0.3) is 0 Å². The Balaban J connectivity index is 2.00. The van der Waals surface area contributed by atoms with Crippen LogP contribution in [0.4, 0.5) is 8.78 Å². The van der Waals surface area contributed by atoms with Gasteiger partial charge in [-0.05, 0) is 42.3 Å². The lowest BCUT2D eigenvalue weighted by Gasteiger charge is -2.13. The molecule has 2 aromatic rings. The maximum Gasteiger partial charge on any atom is 0.227 e. The molecule has 0 radical (unpaired) electrons. The predicted octanol–water partition coefficient (Wildman–Crippen LogP) is 2.88. The van der Waals surface area contributed by atoms with E-state index in [1.807, 2.05) is 0 Å². The molecule has 0 aromatic heterocycles. The Morgan fingerprint density at radius 1 is 1.23 bits per heavy atom. The molecule has 116 valence electrons. The van der Waals surface area contributed by atoms with Crippen molar-refractivity contribution < 1.29 is 18.7 Å². The molecule has 0 heterocycles. The topological polar surface area (TPSA) is 49.3 Å². The van der Waals surface area contributed by atoms with Crippen molar-refractivity contribution in [3.8, 4) is 0 Å². The highest BCUT2D eigenvalue weighted by molar-refractivity contribution is 5.83. The minimum atomic E-state index is -0.492. The Bertz CT molecular complexity index is 673. The van der Waals surface area contributed by atoms with Gasteiger partial charge in [0.1, 0.15) is 11.6 Å². The van der Waals surface area contributed by atoms with Gasteiger partial charge in [-0.1, -0.05) is 18.2 Å². The molecule has 0 saturated carbocycles. The fourth-order valence-corrected chi connectivity index (χ4v) is 2.13. The van der Waals surface area contributed by atoms with Crippen molar-refractivity contribution in [3.63, 3.8) is 0 Å². The van der Waals surface area contributed by atoms with Crippen LogP contribution in [0.3, 0.4) is 0 Å². The Morgan fingerprint density at radius 3 is 2.68 bits per heavy atom. The van der Waals surface area contributed by atoms with Gasteiger partial charge in [-0.25, -0.2) is 8.78 Å². The summed E-state index contributed by atoms with van der Waals surface area (Å²) < 4.78 is 26.4. The quantitative estimate of drug-likeness (QED) is 0.892. The molecular formula is C17H17F2NO2. The Labute approximate surface area is 127 Å². The van der Waals surface area contributed by atoms with Crippen molar-refractivity contribution in [2.24, 2.45) is 0 Å². The molecule has 0 fully saturated rings. The summed E-state index contributed by atoms with van der Waals surface area (Å²) in [5.74, 6) is -1.61. The summed E-state index contributed by atoms with van der Waals surface area (Å²) in [6, 6.07) is 10.2. The molecule has 0 saturated heterocycles. The van der Waals surface area contributed by atoms with E-state index >= 15 is 0 Å². The lowest BCUT2D eigenvalue weighted by atomic mass is 10.00. The minimum Gasteiger partial charge on any atom is -0.392 e. The van der Waals surface area contributed by atoms with Crippen LogP contribution in [0.5, 0.6) is 0 Å². The van der Waals surface area contributed by atoms with Crippen LogP contribution in [-0.4, -0.2) is 11.0 Å². The van der Waals surface area contributed by atoms with Gasteiger partial charge in [-0.2, -0.15) is 0 Å². The van der Waals surface area contributed by atoms with Crippen molar-refractivity contribution in [2.75, 3.05) is 0 Å². The highest BCUT2D eigenvalue weighted by Gasteiger charge is 2.15. The molecule has 0 aliphatic rings. The number of carbonyl (C=O) groups is 1. The van der Waals surface area contributed by atoms with E-state index in [0.717, 1.165) is 0 Å². The molecule has 2 aromatic carbocycles. The first-order valence-corrected chi connectivity index (χ1v) is 6.92. The van der Waals surface area contributed by atoms with Crippen molar-refractivity contribution in [2.45, 2.75) is 26.0 Å². The van der Waals surface area contributed by atoms with Gasteiger partial charge < -0.3 is 10.4 Å². The Hall–Kier alpha value is -2.27. The molecule has 22 heavy (non-hydrogen) atoms. The van der Waals surface area contributed by atoms with Gasteiger partial charge in [0, 0.05) is 12.1 Å². The number of hydrogen-bond acceptors (Lipinski definition) is 2. The largest absolute Gasteiger partial charge is 0.392 e. The van der Waals surface area contributed by atoms with Gasteiger partial charge in [-0.3, -0.25) is 4.79 Å². The van der Waals surface area contributed by atoms with Crippen molar-refractivity contribution in [3.05, 3.63) is 70.8 Å². The summed E-state index contributed by atoms with van der Waals surface area (Å²) >= 11 is 0. The van der Waals surface area contributed by atoms with E-state index < -0.39 is 18.3 Å². The van der Waals surface area contributed by atoms with Crippen LogP contribution in [0.2, 0.25) is 0 Å². The van der Waals surface area contributed by atoms with Crippen LogP contribution < -0.4 is 5.32 Å².